The first kappa shape index (κ1) is 24.7. The van der Waals surface area contributed by atoms with Crippen LogP contribution in [0.5, 0.6) is 0 Å². The van der Waals surface area contributed by atoms with Gasteiger partial charge < -0.3 is 9.64 Å². The van der Waals surface area contributed by atoms with Crippen molar-refractivity contribution >= 4 is 33.4 Å². The lowest BCUT2D eigenvalue weighted by atomic mass is 10.0. The minimum atomic E-state index is -4.12. The summed E-state index contributed by atoms with van der Waals surface area (Å²) in [7, 11) is -4.12. The van der Waals surface area contributed by atoms with Crippen molar-refractivity contribution in [2.24, 2.45) is 0 Å². The molecule has 2 aliphatic heterocycles. The monoisotopic (exact) mass is 526 g/mol. The Hall–Kier alpha value is -3.99. The van der Waals surface area contributed by atoms with Crippen LogP contribution in [0.2, 0.25) is 0 Å². The molecule has 0 bridgehead atoms. The Morgan fingerprint density at radius 3 is 2.62 bits per heavy atom. The van der Waals surface area contributed by atoms with Gasteiger partial charge >= 0.3 is 6.09 Å². The first-order valence-corrected chi connectivity index (χ1v) is 13.3. The molecule has 0 unspecified atom stereocenters. The van der Waals surface area contributed by atoms with E-state index in [1.807, 2.05) is 30.3 Å². The third kappa shape index (κ3) is 5.26. The first-order valence-electron chi connectivity index (χ1n) is 11.9. The van der Waals surface area contributed by atoms with Crippen molar-refractivity contribution in [1.82, 2.24) is 9.88 Å². The summed E-state index contributed by atoms with van der Waals surface area (Å²) in [5.74, 6) is -0.576. The molecule has 5 rings (SSSR count). The SMILES string of the molecule is O=C(Nc1cnc2c(c1)N(S(=O)(=O)c1ccc(F)cc1)C[C@@H](N1CCCC1=O)C2)OCc1ccccc1.[HH]. The molecule has 11 heteroatoms. The Balaban J connectivity index is 0.00000336. The second kappa shape index (κ2) is 10.2. The molecule has 1 atom stereocenters. The molecule has 9 nitrogen and oxygen atoms in total. The molecule has 2 aromatic carbocycles. The van der Waals surface area contributed by atoms with Crippen LogP contribution >= 0.6 is 0 Å². The Morgan fingerprint density at radius 1 is 1.16 bits per heavy atom. The predicted octanol–water partition coefficient (Wildman–Crippen LogP) is 3.96. The second-order valence-electron chi connectivity index (χ2n) is 8.92. The van der Waals surface area contributed by atoms with Crippen molar-refractivity contribution in [2.75, 3.05) is 22.7 Å². The first-order chi connectivity index (χ1) is 17.8. The van der Waals surface area contributed by atoms with Gasteiger partial charge in [-0.25, -0.2) is 17.6 Å². The van der Waals surface area contributed by atoms with Gasteiger partial charge in [0, 0.05) is 20.8 Å². The molecule has 0 spiro atoms. The summed E-state index contributed by atoms with van der Waals surface area (Å²) < 4.78 is 47.3. The second-order valence-corrected chi connectivity index (χ2v) is 10.8. The number of sulfonamides is 1. The normalized spacial score (nSPS) is 17.4. The molecule has 1 saturated heterocycles. The Bertz CT molecular complexity index is 1420. The number of hydrogen-bond donors (Lipinski definition) is 1. The van der Waals surface area contributed by atoms with Gasteiger partial charge in [0.1, 0.15) is 12.4 Å². The molecule has 37 heavy (non-hydrogen) atoms. The molecule has 1 N–H and O–H groups in total. The van der Waals surface area contributed by atoms with Gasteiger partial charge in [0.05, 0.1) is 40.7 Å². The summed E-state index contributed by atoms with van der Waals surface area (Å²) in [4.78, 5) is 30.8. The molecule has 3 aromatic rings. The number of halogens is 1. The van der Waals surface area contributed by atoms with Crippen LogP contribution in [0.3, 0.4) is 0 Å². The maximum Gasteiger partial charge on any atom is 0.412 e. The smallest absolute Gasteiger partial charge is 0.412 e. The predicted molar refractivity (Wildman–Crippen MR) is 136 cm³/mol. The molecule has 2 aliphatic rings. The number of rotatable bonds is 6. The lowest BCUT2D eigenvalue weighted by molar-refractivity contribution is -0.129. The Kier molecular flexibility index (Phi) is 6.79. The van der Waals surface area contributed by atoms with Crippen LogP contribution in [0, 0.1) is 5.82 Å². The summed E-state index contributed by atoms with van der Waals surface area (Å²) in [6, 6.07) is 14.9. The minimum Gasteiger partial charge on any atom is -0.444 e. The highest BCUT2D eigenvalue weighted by molar-refractivity contribution is 7.92. The molecule has 0 aliphatic carbocycles. The number of ether oxygens (including phenoxy) is 1. The number of aromatic nitrogens is 1. The number of anilines is 2. The molecule has 2 amide bonds. The van der Waals surface area contributed by atoms with E-state index >= 15 is 0 Å². The molecule has 0 radical (unpaired) electrons. The fourth-order valence-corrected chi connectivity index (χ4v) is 6.12. The number of amides is 2. The van der Waals surface area contributed by atoms with Gasteiger partial charge in [-0.15, -0.1) is 0 Å². The van der Waals surface area contributed by atoms with Crippen LogP contribution in [0.1, 0.15) is 25.5 Å². The zero-order valence-corrected chi connectivity index (χ0v) is 20.7. The number of benzene rings is 2. The average Bonchev–Trinajstić information content (AvgIpc) is 3.33. The minimum absolute atomic E-state index is 0. The van der Waals surface area contributed by atoms with E-state index in [1.54, 1.807) is 4.90 Å². The summed E-state index contributed by atoms with van der Waals surface area (Å²) in [6.45, 7) is 0.639. The quantitative estimate of drug-likeness (QED) is 0.521. The Labute approximate surface area is 215 Å². The van der Waals surface area contributed by atoms with E-state index in [-0.39, 0.29) is 42.8 Å². The molecule has 1 fully saturated rings. The van der Waals surface area contributed by atoms with Crippen molar-refractivity contribution in [3.63, 3.8) is 0 Å². The van der Waals surface area contributed by atoms with Crippen LogP contribution in [0.15, 0.2) is 71.8 Å². The number of nitrogens with one attached hydrogen (secondary N) is 1. The number of carbonyl (C=O) groups excluding carboxylic acids is 2. The van der Waals surface area contributed by atoms with E-state index in [9.17, 15) is 22.4 Å². The van der Waals surface area contributed by atoms with E-state index in [0.29, 0.717) is 31.5 Å². The Morgan fingerprint density at radius 2 is 1.92 bits per heavy atom. The summed E-state index contributed by atoms with van der Waals surface area (Å²) in [6.07, 6.45) is 2.23. The zero-order valence-electron chi connectivity index (χ0n) is 19.8. The topological polar surface area (TPSA) is 109 Å². The van der Waals surface area contributed by atoms with Crippen molar-refractivity contribution in [1.29, 1.82) is 0 Å². The van der Waals surface area contributed by atoms with Crippen molar-refractivity contribution in [3.05, 3.63) is 83.9 Å². The third-order valence-corrected chi connectivity index (χ3v) is 8.23. The van der Waals surface area contributed by atoms with Crippen molar-refractivity contribution in [2.45, 2.75) is 36.8 Å². The summed E-state index contributed by atoms with van der Waals surface area (Å²) in [5, 5.41) is 2.60. The maximum atomic E-state index is 13.7. The van der Waals surface area contributed by atoms with Gasteiger partial charge in [-0.2, -0.15) is 0 Å². The third-order valence-electron chi connectivity index (χ3n) is 6.43. The molecular weight excluding hydrogens is 499 g/mol. The van der Waals surface area contributed by atoms with Gasteiger partial charge in [-0.3, -0.25) is 19.4 Å². The van der Waals surface area contributed by atoms with Crippen molar-refractivity contribution in [3.8, 4) is 0 Å². The van der Waals surface area contributed by atoms with E-state index in [1.165, 1.54) is 28.7 Å². The van der Waals surface area contributed by atoms with Gasteiger partial charge in [-0.1, -0.05) is 30.3 Å². The highest BCUT2D eigenvalue weighted by Gasteiger charge is 2.39. The fourth-order valence-electron chi connectivity index (χ4n) is 4.60. The van der Waals surface area contributed by atoms with Gasteiger partial charge in [0.2, 0.25) is 5.91 Å². The standard InChI is InChI=1S/C26H25FN4O5S.H2/c27-19-8-10-22(11-9-19)37(34,35)31-16-21(30-12-4-7-25(30)32)14-23-24(31)13-20(15-28-23)29-26(33)36-17-18-5-2-1-3-6-18;/h1-3,5-6,8-11,13,15,21H,4,7,12,14,16-17H2,(H,29,33);1H/t21-;/m0./s1. The molecular formula is C26H27FN4O5S. The number of likely N-dealkylation sites (tertiary alicyclic amines) is 1. The lowest BCUT2D eigenvalue weighted by Crippen LogP contribution is -2.51. The average molecular weight is 527 g/mol. The fraction of sp³-hybridized carbons (Fsp3) is 0.269. The van der Waals surface area contributed by atoms with Crippen LogP contribution < -0.4 is 9.62 Å². The van der Waals surface area contributed by atoms with E-state index in [2.05, 4.69) is 10.3 Å². The van der Waals surface area contributed by atoms with Crippen LogP contribution in [0.25, 0.3) is 0 Å². The largest absolute Gasteiger partial charge is 0.444 e. The number of fused-ring (bicyclic) bond motifs is 1. The number of hydrogen-bond acceptors (Lipinski definition) is 6. The highest BCUT2D eigenvalue weighted by atomic mass is 32.2. The molecule has 194 valence electrons. The zero-order chi connectivity index (χ0) is 26.0. The molecule has 1 aromatic heterocycles. The number of pyridine rings is 1. The summed E-state index contributed by atoms with van der Waals surface area (Å²) >= 11 is 0. The van der Waals surface area contributed by atoms with E-state index < -0.39 is 21.9 Å². The van der Waals surface area contributed by atoms with Gasteiger partial charge in [-0.05, 0) is 42.3 Å². The number of carbonyl (C=O) groups is 2. The van der Waals surface area contributed by atoms with Gasteiger partial charge in [0.15, 0.2) is 0 Å². The van der Waals surface area contributed by atoms with E-state index in [0.717, 1.165) is 17.7 Å². The highest BCUT2D eigenvalue weighted by Crippen LogP contribution is 2.35. The van der Waals surface area contributed by atoms with Gasteiger partial charge in [0.25, 0.3) is 10.0 Å². The van der Waals surface area contributed by atoms with Crippen LogP contribution in [0.4, 0.5) is 20.6 Å². The van der Waals surface area contributed by atoms with Crippen LogP contribution in [-0.4, -0.2) is 49.4 Å². The van der Waals surface area contributed by atoms with E-state index in [4.69, 9.17) is 4.74 Å². The lowest BCUT2D eigenvalue weighted by Gasteiger charge is -2.38. The maximum absolute atomic E-state index is 13.7. The molecule has 0 saturated carbocycles. The number of nitrogens with zero attached hydrogens (tertiary/aromatic N) is 3. The summed E-state index contributed by atoms with van der Waals surface area (Å²) in [5.41, 5.74) is 1.84. The van der Waals surface area contributed by atoms with Crippen molar-refractivity contribution < 1.29 is 28.6 Å². The molecule has 3 heterocycles. The van der Waals surface area contributed by atoms with Crippen LogP contribution in [-0.2, 0) is 32.6 Å².